The number of ether oxygens (including phenoxy) is 3. The SMILES string of the molecule is COC(=O)CC[C@@H](C)[C@H]1CC[C@H]2[C@@H]3C(=O)C[C@@H]4C[C@H](OC(=O)c5ccc6ccc7cccc8ccc5c6c78)CC[C@]4(C)[C@H]3C[C@H](OC(=O)c3ccc4ccc5cccc6ccc3c4c56)[C@]12C. The predicted octanol–water partition coefficient (Wildman–Crippen LogP) is 13.3. The van der Waals surface area contributed by atoms with Gasteiger partial charge >= 0.3 is 17.9 Å². The number of rotatable bonds is 8. The first-order chi connectivity index (χ1) is 32.0. The van der Waals surface area contributed by atoms with Crippen molar-refractivity contribution in [1.29, 1.82) is 0 Å². The molecule has 4 fully saturated rings. The third-order valence-corrected chi connectivity index (χ3v) is 18.3. The molecule has 66 heavy (non-hydrogen) atoms. The minimum absolute atomic E-state index is 0.0133. The van der Waals surface area contributed by atoms with Gasteiger partial charge in [0.05, 0.1) is 18.2 Å². The third kappa shape index (κ3) is 6.06. The van der Waals surface area contributed by atoms with E-state index in [0.717, 1.165) is 78.5 Å². The van der Waals surface area contributed by atoms with E-state index in [1.807, 2.05) is 24.3 Å². The molecular formula is C59H56O7. The van der Waals surface area contributed by atoms with Crippen LogP contribution in [-0.4, -0.2) is 43.0 Å². The number of carbonyl (C=O) groups excluding carboxylic acids is 4. The van der Waals surface area contributed by atoms with Gasteiger partial charge in [0, 0.05) is 24.2 Å². The second kappa shape index (κ2) is 15.2. The summed E-state index contributed by atoms with van der Waals surface area (Å²) in [6, 6.07) is 37.4. The molecule has 0 unspecified atom stereocenters. The fourth-order valence-electron chi connectivity index (χ4n) is 15.0. The van der Waals surface area contributed by atoms with E-state index in [0.29, 0.717) is 55.4 Å². The molecule has 10 atom stereocenters. The molecular weight excluding hydrogens is 821 g/mol. The molecule has 12 rings (SSSR count). The normalized spacial score (nSPS) is 29.0. The third-order valence-electron chi connectivity index (χ3n) is 18.3. The van der Waals surface area contributed by atoms with Gasteiger partial charge in [-0.2, -0.15) is 0 Å². The van der Waals surface area contributed by atoms with Gasteiger partial charge < -0.3 is 14.2 Å². The first-order valence-electron chi connectivity index (χ1n) is 24.3. The lowest BCUT2D eigenvalue weighted by Crippen LogP contribution is -2.62. The van der Waals surface area contributed by atoms with E-state index in [4.69, 9.17) is 14.2 Å². The first kappa shape index (κ1) is 41.4. The van der Waals surface area contributed by atoms with Crippen LogP contribution in [0, 0.1) is 46.3 Å². The Labute approximate surface area is 384 Å². The number of benzene rings is 8. The van der Waals surface area contributed by atoms with Crippen LogP contribution < -0.4 is 0 Å². The highest BCUT2D eigenvalue weighted by molar-refractivity contribution is 6.27. The van der Waals surface area contributed by atoms with E-state index in [1.54, 1.807) is 0 Å². The van der Waals surface area contributed by atoms with Crippen LogP contribution in [0.25, 0.3) is 64.6 Å². The maximum atomic E-state index is 15.0. The van der Waals surface area contributed by atoms with E-state index in [-0.39, 0.29) is 64.9 Å². The predicted molar refractivity (Wildman–Crippen MR) is 260 cm³/mol. The Balaban J connectivity index is 0.855. The first-order valence-corrected chi connectivity index (χ1v) is 24.3. The summed E-state index contributed by atoms with van der Waals surface area (Å²) >= 11 is 0. The van der Waals surface area contributed by atoms with E-state index < -0.39 is 11.5 Å². The summed E-state index contributed by atoms with van der Waals surface area (Å²) < 4.78 is 18.5. The molecule has 0 bridgehead atoms. The van der Waals surface area contributed by atoms with Crippen molar-refractivity contribution in [1.82, 2.24) is 0 Å². The summed E-state index contributed by atoms with van der Waals surface area (Å²) in [6.45, 7) is 6.88. The lowest BCUT2D eigenvalue weighted by atomic mass is 9.43. The van der Waals surface area contributed by atoms with Crippen molar-refractivity contribution in [3.8, 4) is 0 Å². The lowest BCUT2D eigenvalue weighted by molar-refractivity contribution is -0.182. The van der Waals surface area contributed by atoms with Gasteiger partial charge in [0.25, 0.3) is 0 Å². The van der Waals surface area contributed by atoms with Crippen LogP contribution >= 0.6 is 0 Å². The number of hydrogen-bond donors (Lipinski definition) is 0. The molecule has 7 heteroatoms. The molecule has 0 amide bonds. The van der Waals surface area contributed by atoms with Crippen LogP contribution in [0.4, 0.5) is 0 Å². The molecule has 0 N–H and O–H groups in total. The topological polar surface area (TPSA) is 96.0 Å². The van der Waals surface area contributed by atoms with E-state index in [9.17, 15) is 19.2 Å². The number of hydrogen-bond acceptors (Lipinski definition) is 7. The summed E-state index contributed by atoms with van der Waals surface area (Å²) in [5.74, 6) is -0.299. The van der Waals surface area contributed by atoms with E-state index in [2.05, 4.69) is 106 Å². The fourth-order valence-corrected chi connectivity index (χ4v) is 15.0. The lowest BCUT2D eigenvalue weighted by Gasteiger charge is -2.62. The second-order valence-corrected chi connectivity index (χ2v) is 21.1. The van der Waals surface area contributed by atoms with Crippen LogP contribution in [0.5, 0.6) is 0 Å². The van der Waals surface area contributed by atoms with Crippen molar-refractivity contribution in [2.45, 2.75) is 90.8 Å². The highest BCUT2D eigenvalue weighted by Crippen LogP contribution is 2.68. The molecule has 0 saturated heterocycles. The monoisotopic (exact) mass is 876 g/mol. The number of Topliss-reactive ketones (excluding diaryl/α,β-unsaturated/α-hetero) is 1. The van der Waals surface area contributed by atoms with Crippen LogP contribution in [0.2, 0.25) is 0 Å². The van der Waals surface area contributed by atoms with E-state index >= 15 is 0 Å². The Kier molecular flexibility index (Phi) is 9.54. The zero-order valence-corrected chi connectivity index (χ0v) is 38.2. The number of methoxy groups -OCH3 is 1. The van der Waals surface area contributed by atoms with Gasteiger partial charge in [-0.25, -0.2) is 9.59 Å². The Morgan fingerprint density at radius 2 is 1.17 bits per heavy atom. The highest BCUT2D eigenvalue weighted by atomic mass is 16.5. The Morgan fingerprint density at radius 3 is 1.74 bits per heavy atom. The Bertz CT molecular complexity index is 3250. The maximum absolute atomic E-state index is 15.0. The zero-order chi connectivity index (χ0) is 45.2. The molecule has 4 saturated carbocycles. The van der Waals surface area contributed by atoms with Crippen molar-refractivity contribution >= 4 is 88.3 Å². The Hall–Kier alpha value is -6.08. The van der Waals surface area contributed by atoms with Crippen LogP contribution in [0.3, 0.4) is 0 Å². The standard InChI is InChI=1S/C59H56O7/c1-32(11-26-50(61)64-4)45-24-25-46-55-47(31-49(59(45,46)3)66-57(63)44-23-19-38-15-13-34-8-6-10-36-17-21-42(44)54(38)52(34)36)58(2)28-27-40(29-39(58)30-48(55)60)65-56(62)43-22-18-37-14-12-33-7-5-9-35-16-20-41(43)53(37)51(33)35/h5-10,12-23,32,39-40,45-47,49,55H,11,24-31H2,1-4H3/t32-,39+,40-,45-,46+,47+,49+,55+,58+,59-/m1/s1. The molecule has 0 spiro atoms. The molecule has 4 aliphatic rings. The molecule has 0 radical (unpaired) electrons. The smallest absolute Gasteiger partial charge is 0.339 e. The molecule has 4 aliphatic carbocycles. The quantitative estimate of drug-likeness (QED) is 0.0852. The maximum Gasteiger partial charge on any atom is 0.339 e. The van der Waals surface area contributed by atoms with Gasteiger partial charge in [-0.3, -0.25) is 9.59 Å². The van der Waals surface area contributed by atoms with Crippen LogP contribution in [-0.2, 0) is 23.8 Å². The van der Waals surface area contributed by atoms with Crippen molar-refractivity contribution in [2.24, 2.45) is 46.3 Å². The number of fused-ring (bicyclic) bond motifs is 5. The molecule has 0 aromatic heterocycles. The van der Waals surface area contributed by atoms with Gasteiger partial charge in [-0.05, 0) is 157 Å². The molecule has 8 aromatic carbocycles. The second-order valence-electron chi connectivity index (χ2n) is 21.1. The summed E-state index contributed by atoms with van der Waals surface area (Å²) in [7, 11) is 1.43. The average Bonchev–Trinajstić information content (AvgIpc) is 3.70. The highest BCUT2D eigenvalue weighted by Gasteiger charge is 2.67. The minimum atomic E-state index is -0.470. The number of esters is 3. The van der Waals surface area contributed by atoms with Gasteiger partial charge in [-0.15, -0.1) is 0 Å². The van der Waals surface area contributed by atoms with Crippen molar-refractivity contribution < 1.29 is 33.4 Å². The van der Waals surface area contributed by atoms with Gasteiger partial charge in [0.15, 0.2) is 0 Å². The number of ketones is 1. The molecule has 8 aromatic rings. The zero-order valence-electron chi connectivity index (χ0n) is 38.2. The van der Waals surface area contributed by atoms with Crippen molar-refractivity contribution in [3.05, 3.63) is 120 Å². The summed E-state index contributed by atoms with van der Waals surface area (Å²) in [4.78, 5) is 56.5. The van der Waals surface area contributed by atoms with Crippen molar-refractivity contribution in [2.75, 3.05) is 7.11 Å². The van der Waals surface area contributed by atoms with Crippen LogP contribution in [0.1, 0.15) is 99.3 Å². The molecule has 0 aliphatic heterocycles. The van der Waals surface area contributed by atoms with Gasteiger partial charge in [-0.1, -0.05) is 118 Å². The Morgan fingerprint density at radius 1 is 0.636 bits per heavy atom. The summed E-state index contributed by atoms with van der Waals surface area (Å²) in [5.41, 5.74) is 0.461. The number of carbonyl (C=O) groups is 4. The fraction of sp³-hybridized carbons (Fsp3) is 0.390. The van der Waals surface area contributed by atoms with Crippen molar-refractivity contribution in [3.63, 3.8) is 0 Å². The summed E-state index contributed by atoms with van der Waals surface area (Å²) in [6.07, 6.45) is 5.28. The largest absolute Gasteiger partial charge is 0.469 e. The molecule has 334 valence electrons. The van der Waals surface area contributed by atoms with Gasteiger partial charge in [0.1, 0.15) is 18.0 Å². The van der Waals surface area contributed by atoms with Gasteiger partial charge in [0.2, 0.25) is 0 Å². The molecule has 7 nitrogen and oxygen atoms in total. The average molecular weight is 877 g/mol. The minimum Gasteiger partial charge on any atom is -0.469 e. The van der Waals surface area contributed by atoms with Crippen LogP contribution in [0.15, 0.2) is 109 Å². The summed E-state index contributed by atoms with van der Waals surface area (Å²) in [5, 5.41) is 13.0. The molecule has 0 heterocycles. The van der Waals surface area contributed by atoms with E-state index in [1.165, 1.54) is 12.5 Å².